The predicted octanol–water partition coefficient (Wildman–Crippen LogP) is 3.49. The number of aryl methyl sites for hydroxylation is 1. The van der Waals surface area contributed by atoms with E-state index in [0.29, 0.717) is 10.6 Å². The van der Waals surface area contributed by atoms with Crippen LogP contribution in [0.5, 0.6) is 5.75 Å². The van der Waals surface area contributed by atoms with Crippen LogP contribution in [0.15, 0.2) is 18.2 Å². The van der Waals surface area contributed by atoms with Crippen LogP contribution in [0.4, 0.5) is 5.69 Å². The van der Waals surface area contributed by atoms with Gasteiger partial charge in [0.1, 0.15) is 16.7 Å². The highest BCUT2D eigenvalue weighted by molar-refractivity contribution is 7.16. The highest BCUT2D eigenvalue weighted by Gasteiger charge is 2.14. The number of benzene rings is 1. The molecule has 2 rings (SSSR count). The van der Waals surface area contributed by atoms with Crippen LogP contribution in [0.3, 0.4) is 0 Å². The molecule has 0 spiro atoms. The molecule has 18 heavy (non-hydrogen) atoms. The number of nitrogen functional groups attached to an aromatic ring is 1. The van der Waals surface area contributed by atoms with Crippen molar-refractivity contribution in [1.82, 2.24) is 0 Å². The maximum atomic E-state index is 9.00. The minimum Gasteiger partial charge on any atom is -0.496 e. The molecule has 0 aliphatic carbocycles. The Balaban J connectivity index is 2.59. The Bertz CT molecular complexity index is 638. The molecule has 0 aliphatic heterocycles. The number of ether oxygens (including phenoxy) is 1. The SMILES string of the molecule is COc1cc(-c2sc(C#N)c(N)c2C)ccc1C. The summed E-state index contributed by atoms with van der Waals surface area (Å²) in [5.74, 6) is 0.845. The van der Waals surface area contributed by atoms with Gasteiger partial charge in [0.05, 0.1) is 12.8 Å². The normalized spacial score (nSPS) is 10.1. The van der Waals surface area contributed by atoms with Gasteiger partial charge in [-0.1, -0.05) is 12.1 Å². The van der Waals surface area contributed by atoms with Crippen LogP contribution in [0, 0.1) is 25.2 Å². The van der Waals surface area contributed by atoms with Gasteiger partial charge in [-0.05, 0) is 36.6 Å². The topological polar surface area (TPSA) is 59.0 Å². The fourth-order valence-corrected chi connectivity index (χ4v) is 2.87. The van der Waals surface area contributed by atoms with Gasteiger partial charge in [-0.25, -0.2) is 0 Å². The Kier molecular flexibility index (Phi) is 3.26. The third-order valence-corrected chi connectivity index (χ3v) is 4.23. The average Bonchev–Trinajstić information content (AvgIpc) is 2.67. The van der Waals surface area contributed by atoms with E-state index in [1.54, 1.807) is 7.11 Å². The Morgan fingerprint density at radius 2 is 2.06 bits per heavy atom. The van der Waals surface area contributed by atoms with E-state index >= 15 is 0 Å². The van der Waals surface area contributed by atoms with Crippen molar-refractivity contribution < 1.29 is 4.74 Å². The zero-order chi connectivity index (χ0) is 13.3. The third-order valence-electron chi connectivity index (χ3n) is 2.97. The largest absolute Gasteiger partial charge is 0.496 e. The lowest BCUT2D eigenvalue weighted by Gasteiger charge is -2.07. The molecule has 0 atom stereocenters. The summed E-state index contributed by atoms with van der Waals surface area (Å²) in [4.78, 5) is 1.60. The second-order valence-corrected chi connectivity index (χ2v) is 5.12. The molecule has 0 aliphatic rings. The van der Waals surface area contributed by atoms with Crippen molar-refractivity contribution in [3.63, 3.8) is 0 Å². The lowest BCUT2D eigenvalue weighted by atomic mass is 10.1. The number of hydrogen-bond donors (Lipinski definition) is 1. The van der Waals surface area contributed by atoms with Gasteiger partial charge in [0, 0.05) is 4.88 Å². The van der Waals surface area contributed by atoms with E-state index in [-0.39, 0.29) is 0 Å². The summed E-state index contributed by atoms with van der Waals surface area (Å²) in [5, 5.41) is 9.00. The molecule has 0 saturated heterocycles. The summed E-state index contributed by atoms with van der Waals surface area (Å²) in [6, 6.07) is 8.14. The van der Waals surface area contributed by atoms with Gasteiger partial charge >= 0.3 is 0 Å². The number of thiophene rings is 1. The zero-order valence-corrected chi connectivity index (χ0v) is 11.4. The van der Waals surface area contributed by atoms with Gasteiger partial charge in [-0.15, -0.1) is 11.3 Å². The van der Waals surface area contributed by atoms with E-state index in [4.69, 9.17) is 15.7 Å². The lowest BCUT2D eigenvalue weighted by Crippen LogP contribution is -1.89. The molecule has 3 nitrogen and oxygen atoms in total. The Morgan fingerprint density at radius 3 is 2.61 bits per heavy atom. The number of hydrogen-bond acceptors (Lipinski definition) is 4. The van der Waals surface area contributed by atoms with Crippen LogP contribution in [0.2, 0.25) is 0 Å². The van der Waals surface area contributed by atoms with Crippen LogP contribution in [-0.4, -0.2) is 7.11 Å². The second-order valence-electron chi connectivity index (χ2n) is 4.10. The lowest BCUT2D eigenvalue weighted by molar-refractivity contribution is 0.412. The Labute approximate surface area is 110 Å². The monoisotopic (exact) mass is 258 g/mol. The van der Waals surface area contributed by atoms with Crippen LogP contribution < -0.4 is 10.5 Å². The molecule has 0 fully saturated rings. The van der Waals surface area contributed by atoms with Gasteiger partial charge in [0.15, 0.2) is 0 Å². The van der Waals surface area contributed by atoms with Crippen molar-refractivity contribution in [3.8, 4) is 22.3 Å². The standard InChI is InChI=1S/C14H14N2OS/c1-8-4-5-10(6-11(8)17-3)14-9(2)13(16)12(7-15)18-14/h4-6H,16H2,1-3H3. The van der Waals surface area contributed by atoms with Gasteiger partial charge in [0.25, 0.3) is 0 Å². The van der Waals surface area contributed by atoms with Crippen molar-refractivity contribution in [3.05, 3.63) is 34.2 Å². The second kappa shape index (κ2) is 4.71. The van der Waals surface area contributed by atoms with E-state index in [9.17, 15) is 0 Å². The smallest absolute Gasteiger partial charge is 0.128 e. The first-order chi connectivity index (χ1) is 8.58. The molecular weight excluding hydrogens is 244 g/mol. The minimum atomic E-state index is 0.571. The number of nitrogens with zero attached hydrogens (tertiary/aromatic N) is 1. The molecule has 1 aromatic heterocycles. The van der Waals surface area contributed by atoms with Crippen LogP contribution >= 0.6 is 11.3 Å². The fourth-order valence-electron chi connectivity index (χ4n) is 1.85. The number of nitrogens with two attached hydrogens (primary N) is 1. The molecule has 0 bridgehead atoms. The molecule has 1 heterocycles. The quantitative estimate of drug-likeness (QED) is 0.897. The number of rotatable bonds is 2. The maximum absolute atomic E-state index is 9.00. The van der Waals surface area contributed by atoms with E-state index in [1.165, 1.54) is 11.3 Å². The van der Waals surface area contributed by atoms with E-state index in [0.717, 1.165) is 27.3 Å². The summed E-state index contributed by atoms with van der Waals surface area (Å²) in [5.41, 5.74) is 9.57. The fraction of sp³-hybridized carbons (Fsp3) is 0.214. The zero-order valence-electron chi connectivity index (χ0n) is 10.6. The highest BCUT2D eigenvalue weighted by atomic mass is 32.1. The highest BCUT2D eigenvalue weighted by Crippen LogP contribution is 2.39. The first-order valence-electron chi connectivity index (χ1n) is 5.52. The van der Waals surface area contributed by atoms with Crippen molar-refractivity contribution in [2.45, 2.75) is 13.8 Å². The summed E-state index contributed by atoms with van der Waals surface area (Å²) in [6.07, 6.45) is 0. The summed E-state index contributed by atoms with van der Waals surface area (Å²) in [7, 11) is 1.66. The third kappa shape index (κ3) is 1.93. The number of methoxy groups -OCH3 is 1. The minimum absolute atomic E-state index is 0.571. The Morgan fingerprint density at radius 1 is 1.33 bits per heavy atom. The Hall–Kier alpha value is -1.99. The van der Waals surface area contributed by atoms with E-state index in [2.05, 4.69) is 6.07 Å². The molecule has 2 N–H and O–H groups in total. The van der Waals surface area contributed by atoms with Crippen molar-refractivity contribution >= 4 is 17.0 Å². The van der Waals surface area contributed by atoms with Crippen molar-refractivity contribution in [1.29, 1.82) is 5.26 Å². The molecule has 4 heteroatoms. The number of anilines is 1. The summed E-state index contributed by atoms with van der Waals surface area (Å²) in [6.45, 7) is 3.94. The van der Waals surface area contributed by atoms with Gasteiger partial charge in [-0.3, -0.25) is 0 Å². The average molecular weight is 258 g/mol. The van der Waals surface area contributed by atoms with E-state index in [1.807, 2.05) is 32.0 Å². The van der Waals surface area contributed by atoms with Crippen molar-refractivity contribution in [2.24, 2.45) is 0 Å². The van der Waals surface area contributed by atoms with Crippen LogP contribution in [0.25, 0.3) is 10.4 Å². The molecule has 92 valence electrons. The van der Waals surface area contributed by atoms with Crippen LogP contribution in [-0.2, 0) is 0 Å². The van der Waals surface area contributed by atoms with Gasteiger partial charge in [0.2, 0.25) is 0 Å². The van der Waals surface area contributed by atoms with E-state index < -0.39 is 0 Å². The number of nitriles is 1. The summed E-state index contributed by atoms with van der Waals surface area (Å²) >= 11 is 1.42. The molecule has 2 aromatic rings. The van der Waals surface area contributed by atoms with Gasteiger partial charge < -0.3 is 10.5 Å². The molecule has 1 aromatic carbocycles. The molecular formula is C14H14N2OS. The molecule has 0 saturated carbocycles. The molecule has 0 amide bonds. The summed E-state index contributed by atoms with van der Waals surface area (Å²) < 4.78 is 5.32. The molecule has 0 unspecified atom stereocenters. The maximum Gasteiger partial charge on any atom is 0.128 e. The van der Waals surface area contributed by atoms with Gasteiger partial charge in [-0.2, -0.15) is 5.26 Å². The van der Waals surface area contributed by atoms with Crippen LogP contribution in [0.1, 0.15) is 16.0 Å². The first-order valence-corrected chi connectivity index (χ1v) is 6.34. The predicted molar refractivity (Wildman–Crippen MR) is 74.9 cm³/mol. The first kappa shape index (κ1) is 12.5. The molecule has 0 radical (unpaired) electrons. The van der Waals surface area contributed by atoms with Crippen molar-refractivity contribution in [2.75, 3.05) is 12.8 Å².